The Hall–Kier alpha value is -2.63. The van der Waals surface area contributed by atoms with Crippen LogP contribution in [0.25, 0.3) is 0 Å². The topological polar surface area (TPSA) is 95.1 Å². The van der Waals surface area contributed by atoms with Gasteiger partial charge >= 0.3 is 5.97 Å². The van der Waals surface area contributed by atoms with Gasteiger partial charge in [0.1, 0.15) is 5.69 Å². The Kier molecular flexibility index (Phi) is 4.71. The van der Waals surface area contributed by atoms with Gasteiger partial charge < -0.3 is 10.4 Å². The standard InChI is InChI=1S/C15H17N3O3/c1-10-9-13(18-17-10)15(21)16-12(7-8-14(19)20)11-5-3-2-4-6-11/h2-6,9,12H,7-8H2,1H3,(H,16,21)(H,17,18)(H,19,20)/t12-/m0/s1. The molecule has 6 nitrogen and oxygen atoms in total. The molecule has 0 fully saturated rings. The number of carboxylic acid groups (broad SMARTS) is 1. The smallest absolute Gasteiger partial charge is 0.303 e. The first-order valence-electron chi connectivity index (χ1n) is 6.66. The number of carbonyl (C=O) groups excluding carboxylic acids is 1. The lowest BCUT2D eigenvalue weighted by molar-refractivity contribution is -0.137. The average Bonchev–Trinajstić information content (AvgIpc) is 2.90. The summed E-state index contributed by atoms with van der Waals surface area (Å²) >= 11 is 0. The van der Waals surface area contributed by atoms with Gasteiger partial charge in [0.05, 0.1) is 6.04 Å². The van der Waals surface area contributed by atoms with E-state index in [4.69, 9.17) is 5.11 Å². The highest BCUT2D eigenvalue weighted by molar-refractivity contribution is 5.92. The average molecular weight is 287 g/mol. The van der Waals surface area contributed by atoms with Crippen LogP contribution in [0.15, 0.2) is 36.4 Å². The number of benzene rings is 1. The van der Waals surface area contributed by atoms with Gasteiger partial charge in [-0.25, -0.2) is 0 Å². The molecule has 0 aliphatic carbocycles. The molecule has 2 aromatic rings. The number of H-pyrrole nitrogens is 1. The van der Waals surface area contributed by atoms with Crippen molar-refractivity contribution in [2.75, 3.05) is 0 Å². The Bertz CT molecular complexity index is 622. The van der Waals surface area contributed by atoms with Crippen LogP contribution in [-0.4, -0.2) is 27.2 Å². The number of hydrogen-bond donors (Lipinski definition) is 3. The lowest BCUT2D eigenvalue weighted by atomic mass is 10.0. The van der Waals surface area contributed by atoms with Crippen LogP contribution in [0.4, 0.5) is 0 Å². The van der Waals surface area contributed by atoms with Crippen LogP contribution in [0, 0.1) is 6.92 Å². The zero-order chi connectivity index (χ0) is 15.2. The summed E-state index contributed by atoms with van der Waals surface area (Å²) in [7, 11) is 0. The van der Waals surface area contributed by atoms with Crippen LogP contribution in [0.2, 0.25) is 0 Å². The zero-order valence-corrected chi connectivity index (χ0v) is 11.7. The number of nitrogens with zero attached hydrogens (tertiary/aromatic N) is 1. The normalized spacial score (nSPS) is 11.9. The van der Waals surface area contributed by atoms with E-state index in [0.29, 0.717) is 12.1 Å². The van der Waals surface area contributed by atoms with E-state index in [1.165, 1.54) is 0 Å². The van der Waals surface area contributed by atoms with Gasteiger partial charge in [-0.1, -0.05) is 30.3 Å². The summed E-state index contributed by atoms with van der Waals surface area (Å²) in [5.74, 6) is -1.21. The number of aromatic amines is 1. The fraction of sp³-hybridized carbons (Fsp3) is 0.267. The predicted molar refractivity (Wildman–Crippen MR) is 76.8 cm³/mol. The molecule has 1 aromatic heterocycles. The van der Waals surface area contributed by atoms with E-state index in [9.17, 15) is 9.59 Å². The lowest BCUT2D eigenvalue weighted by Crippen LogP contribution is -2.29. The minimum absolute atomic E-state index is 0.0145. The summed E-state index contributed by atoms with van der Waals surface area (Å²) in [6, 6.07) is 10.6. The molecule has 1 amide bonds. The maximum absolute atomic E-state index is 12.1. The highest BCUT2D eigenvalue weighted by Gasteiger charge is 2.18. The van der Waals surface area contributed by atoms with Crippen LogP contribution in [0.1, 0.15) is 40.6 Å². The van der Waals surface area contributed by atoms with E-state index >= 15 is 0 Å². The van der Waals surface area contributed by atoms with Crippen LogP contribution >= 0.6 is 0 Å². The zero-order valence-electron chi connectivity index (χ0n) is 11.7. The van der Waals surface area contributed by atoms with Crippen LogP contribution in [-0.2, 0) is 4.79 Å². The van der Waals surface area contributed by atoms with Gasteiger partial charge in [-0.15, -0.1) is 0 Å². The van der Waals surface area contributed by atoms with Crippen molar-refractivity contribution in [2.45, 2.75) is 25.8 Å². The Morgan fingerprint density at radius 3 is 2.62 bits per heavy atom. The third-order valence-corrected chi connectivity index (χ3v) is 3.09. The van der Waals surface area contributed by atoms with Gasteiger partial charge in [0.2, 0.25) is 0 Å². The van der Waals surface area contributed by atoms with Gasteiger partial charge in [0.15, 0.2) is 0 Å². The number of amides is 1. The van der Waals surface area contributed by atoms with Crippen molar-refractivity contribution < 1.29 is 14.7 Å². The number of carboxylic acids is 1. The van der Waals surface area contributed by atoms with Crippen molar-refractivity contribution in [3.05, 3.63) is 53.3 Å². The summed E-state index contributed by atoms with van der Waals surface area (Å²) in [5.41, 5.74) is 1.96. The van der Waals surface area contributed by atoms with Crippen molar-refractivity contribution in [1.82, 2.24) is 15.5 Å². The SMILES string of the molecule is Cc1cc(C(=O)N[C@@H](CCC(=O)O)c2ccccc2)n[nH]1. The maximum Gasteiger partial charge on any atom is 0.303 e. The maximum atomic E-state index is 12.1. The van der Waals surface area contributed by atoms with Gasteiger partial charge in [0.25, 0.3) is 5.91 Å². The molecule has 0 unspecified atom stereocenters. The number of nitrogens with one attached hydrogen (secondary N) is 2. The molecule has 21 heavy (non-hydrogen) atoms. The molecule has 1 heterocycles. The summed E-state index contributed by atoms with van der Waals surface area (Å²) in [6.45, 7) is 1.81. The van der Waals surface area contributed by atoms with Crippen LogP contribution < -0.4 is 5.32 Å². The second-order valence-corrected chi connectivity index (χ2v) is 4.81. The predicted octanol–water partition coefficient (Wildman–Crippen LogP) is 2.05. The molecule has 6 heteroatoms. The molecule has 110 valence electrons. The van der Waals surface area contributed by atoms with Gasteiger partial charge in [-0.2, -0.15) is 5.10 Å². The van der Waals surface area contributed by atoms with Gasteiger partial charge in [-0.3, -0.25) is 14.7 Å². The minimum atomic E-state index is -0.888. The molecule has 3 N–H and O–H groups in total. The second kappa shape index (κ2) is 6.69. The van der Waals surface area contributed by atoms with E-state index in [0.717, 1.165) is 11.3 Å². The molecule has 0 aliphatic heterocycles. The first kappa shape index (κ1) is 14.8. The van der Waals surface area contributed by atoms with Gasteiger partial charge in [-0.05, 0) is 25.0 Å². The lowest BCUT2D eigenvalue weighted by Gasteiger charge is -2.17. The van der Waals surface area contributed by atoms with Crippen molar-refractivity contribution in [3.63, 3.8) is 0 Å². The largest absolute Gasteiger partial charge is 0.481 e. The summed E-state index contributed by atoms with van der Waals surface area (Å²) in [5, 5.41) is 18.3. The monoisotopic (exact) mass is 287 g/mol. The van der Waals surface area contributed by atoms with Crippen molar-refractivity contribution in [1.29, 1.82) is 0 Å². The summed E-state index contributed by atoms with van der Waals surface area (Å²) in [6.07, 6.45) is 0.313. The van der Waals surface area contributed by atoms with E-state index in [-0.39, 0.29) is 18.4 Å². The number of hydrogen-bond acceptors (Lipinski definition) is 3. The Balaban J connectivity index is 2.12. The fourth-order valence-electron chi connectivity index (χ4n) is 2.04. The molecule has 0 aliphatic rings. The molecule has 1 aromatic carbocycles. The number of aromatic nitrogens is 2. The molecule has 0 spiro atoms. The molecule has 0 saturated heterocycles. The van der Waals surface area contributed by atoms with E-state index in [1.54, 1.807) is 6.07 Å². The number of carbonyl (C=O) groups is 2. The molecule has 0 radical (unpaired) electrons. The minimum Gasteiger partial charge on any atom is -0.481 e. The molecule has 0 saturated carbocycles. The quantitative estimate of drug-likeness (QED) is 0.757. The third kappa shape index (κ3) is 4.17. The van der Waals surface area contributed by atoms with E-state index in [1.807, 2.05) is 37.3 Å². The van der Waals surface area contributed by atoms with Crippen molar-refractivity contribution >= 4 is 11.9 Å². The highest BCUT2D eigenvalue weighted by Crippen LogP contribution is 2.19. The highest BCUT2D eigenvalue weighted by atomic mass is 16.4. The molecule has 0 bridgehead atoms. The molecule has 2 rings (SSSR count). The van der Waals surface area contributed by atoms with Crippen LogP contribution in [0.3, 0.4) is 0 Å². The van der Waals surface area contributed by atoms with Crippen molar-refractivity contribution in [3.8, 4) is 0 Å². The first-order chi connectivity index (χ1) is 10.1. The Morgan fingerprint density at radius 1 is 1.33 bits per heavy atom. The van der Waals surface area contributed by atoms with E-state index < -0.39 is 5.97 Å². The third-order valence-electron chi connectivity index (χ3n) is 3.09. The van der Waals surface area contributed by atoms with Crippen molar-refractivity contribution in [2.24, 2.45) is 0 Å². The Labute approximate surface area is 122 Å². The summed E-state index contributed by atoms with van der Waals surface area (Å²) < 4.78 is 0. The number of aliphatic carboxylic acids is 1. The Morgan fingerprint density at radius 2 is 2.05 bits per heavy atom. The first-order valence-corrected chi connectivity index (χ1v) is 6.66. The number of aryl methyl sites for hydroxylation is 1. The van der Waals surface area contributed by atoms with E-state index in [2.05, 4.69) is 15.5 Å². The fourth-order valence-corrected chi connectivity index (χ4v) is 2.04. The molecule has 1 atom stereocenters. The van der Waals surface area contributed by atoms with Crippen LogP contribution in [0.5, 0.6) is 0 Å². The number of rotatable bonds is 6. The molecular weight excluding hydrogens is 270 g/mol. The van der Waals surface area contributed by atoms with Gasteiger partial charge in [0, 0.05) is 12.1 Å². The second-order valence-electron chi connectivity index (χ2n) is 4.81. The molecular formula is C15H17N3O3. The summed E-state index contributed by atoms with van der Waals surface area (Å²) in [4.78, 5) is 22.9.